The average molecular weight is 1500 g/mol. The third-order valence-electron chi connectivity index (χ3n) is 23.2. The van der Waals surface area contributed by atoms with Crippen molar-refractivity contribution in [3.05, 3.63) is 272 Å². The number of hydrogen-bond acceptors (Lipinski definition) is 20. The van der Waals surface area contributed by atoms with Crippen LogP contribution in [0.3, 0.4) is 0 Å². The Morgan fingerprint density at radius 1 is 0.298 bits per heavy atom. The third-order valence-corrected chi connectivity index (χ3v) is 23.2. The van der Waals surface area contributed by atoms with Crippen LogP contribution in [-0.4, -0.2) is 106 Å². The summed E-state index contributed by atoms with van der Waals surface area (Å²) in [6.07, 6.45) is 8.38. The molecule has 0 amide bonds. The molecule has 14 aromatic rings. The highest BCUT2D eigenvalue weighted by Crippen LogP contribution is 2.48. The van der Waals surface area contributed by atoms with Crippen LogP contribution < -0.4 is 82.2 Å². The molecule has 4 atom stereocenters. The topological polar surface area (TPSA) is 143 Å². The summed E-state index contributed by atoms with van der Waals surface area (Å²) in [7, 11) is 2.14. The van der Waals surface area contributed by atoms with E-state index in [1.807, 2.05) is 105 Å². The Morgan fingerprint density at radius 3 is 0.842 bits per heavy atom. The molecule has 0 saturated carbocycles. The van der Waals surface area contributed by atoms with Crippen molar-refractivity contribution in [2.45, 2.75) is 107 Å². The van der Waals surface area contributed by atoms with Crippen molar-refractivity contribution in [3.8, 4) is 0 Å². The molecule has 20 nitrogen and oxygen atoms in total. The standard InChI is InChI=1S/2C25H23BN4O.2C20H21BN4O/c2*1-17-13-14-20-21-15-26(3)28(16-24(21)31-25(20)27-17)30-18(2)29(19-9-5-4-6-10-19)22-11-7-8-12-23(22)30;2*1-13-9-10-15-16-11-21(3)24(12-19(16)26-20(15)22-13)25-14(2)23(4)17-7-5-6-8-18(17)25/h2*4-16,18H,1-3H3;2*5-12,14H,1-4H3/t2*18-;2*14-/m0000/s1/i;;4D3;. The van der Waals surface area contributed by atoms with Gasteiger partial charge in [0.15, 0.2) is 21.7 Å². The van der Waals surface area contributed by atoms with Gasteiger partial charge >= 0.3 is 27.4 Å². The maximum atomic E-state index is 8.02. The van der Waals surface area contributed by atoms with E-state index in [-0.39, 0.29) is 52.1 Å². The second-order valence-corrected chi connectivity index (χ2v) is 30.7. The summed E-state index contributed by atoms with van der Waals surface area (Å²) in [5, 5.41) is 17.7. The molecule has 8 aliphatic heterocycles. The molecule has 0 bridgehead atoms. The lowest BCUT2D eigenvalue weighted by atomic mass is 9.63. The van der Waals surface area contributed by atoms with Crippen molar-refractivity contribution in [3.63, 3.8) is 0 Å². The third kappa shape index (κ3) is 11.8. The normalized spacial score (nSPS) is 18.5. The molecule has 16 heterocycles. The van der Waals surface area contributed by atoms with Gasteiger partial charge in [0.1, 0.15) is 24.7 Å². The fourth-order valence-electron chi connectivity index (χ4n) is 17.6. The Morgan fingerprint density at radius 2 is 0.544 bits per heavy atom. The number of rotatable bonds is 6. The zero-order valence-corrected chi connectivity index (χ0v) is 66.2. The number of hydrazine groups is 4. The second-order valence-electron chi connectivity index (χ2n) is 30.7. The van der Waals surface area contributed by atoms with Gasteiger partial charge in [-0.05, 0) is 177 Å². The highest BCUT2D eigenvalue weighted by molar-refractivity contribution is 6.72. The van der Waals surface area contributed by atoms with Crippen LogP contribution in [-0.2, 0) is 0 Å². The predicted octanol–water partition coefficient (Wildman–Crippen LogP) is 12.8. The number of fused-ring (bicyclic) bond motifs is 16. The van der Waals surface area contributed by atoms with Crippen LogP contribution in [0.1, 0.15) is 54.6 Å². The Kier molecular flexibility index (Phi) is 16.6. The number of anilines is 10. The summed E-state index contributed by atoms with van der Waals surface area (Å²) in [6.45, 7) is 23.6. The summed E-state index contributed by atoms with van der Waals surface area (Å²) >= 11 is 0. The van der Waals surface area contributed by atoms with Crippen molar-refractivity contribution >= 4 is 177 Å². The number of benzene rings is 6. The van der Waals surface area contributed by atoms with Crippen LogP contribution in [0.25, 0.3) is 93.1 Å². The number of para-hydroxylation sites is 10. The van der Waals surface area contributed by atoms with Gasteiger partial charge < -0.3 is 56.9 Å². The molecule has 0 spiro atoms. The first-order valence-corrected chi connectivity index (χ1v) is 39.3. The zero-order chi connectivity index (χ0) is 80.7. The molecule has 0 radical (unpaired) electrons. The van der Waals surface area contributed by atoms with Crippen LogP contribution >= 0.6 is 0 Å². The van der Waals surface area contributed by atoms with Crippen molar-refractivity contribution < 1.29 is 21.8 Å². The minimum atomic E-state index is -2.24. The van der Waals surface area contributed by atoms with Gasteiger partial charge in [0, 0.05) is 94.7 Å². The van der Waals surface area contributed by atoms with Gasteiger partial charge in [-0.15, -0.1) is 0 Å². The van der Waals surface area contributed by atoms with E-state index < -0.39 is 6.98 Å². The average Bonchev–Trinajstić information content (AvgIpc) is 1.59. The molecule has 0 unspecified atom stereocenters. The first kappa shape index (κ1) is 67.8. The van der Waals surface area contributed by atoms with Crippen molar-refractivity contribution in [1.82, 2.24) is 39.6 Å². The van der Waals surface area contributed by atoms with Gasteiger partial charge in [0.25, 0.3) is 0 Å². The number of nitrogens with zero attached hydrogens (tertiary/aromatic N) is 16. The molecule has 6 aromatic carbocycles. The van der Waals surface area contributed by atoms with Crippen LogP contribution in [0.2, 0.25) is 27.3 Å². The highest BCUT2D eigenvalue weighted by Gasteiger charge is 2.43. The van der Waals surface area contributed by atoms with Gasteiger partial charge in [0.05, 0.1) is 70.3 Å². The Bertz CT molecular complexity index is 6620. The lowest BCUT2D eigenvalue weighted by Gasteiger charge is -2.40. The number of hydrogen-bond donors (Lipinski definition) is 0. The van der Waals surface area contributed by atoms with Crippen LogP contribution in [0.4, 0.5) is 56.9 Å². The molecule has 8 aromatic heterocycles. The minimum absolute atomic E-state index is 0.0108. The van der Waals surface area contributed by atoms with Gasteiger partial charge in [-0.25, -0.2) is 19.9 Å². The minimum Gasteiger partial charge on any atom is -0.436 e. The van der Waals surface area contributed by atoms with Crippen molar-refractivity contribution in [2.75, 3.05) is 53.7 Å². The largest absolute Gasteiger partial charge is 0.436 e. The fraction of sp³-hybridized carbons (Fsp3) is 0.200. The maximum absolute atomic E-state index is 8.02. The molecule has 0 N–H and O–H groups in total. The van der Waals surface area contributed by atoms with E-state index in [4.69, 9.17) is 21.8 Å². The smallest absolute Gasteiger partial charge is 0.304 e. The molecular weight excluding hydrogens is 1410 g/mol. The van der Waals surface area contributed by atoms with Crippen molar-refractivity contribution in [1.29, 1.82) is 0 Å². The molecule has 8 aliphatic rings. The summed E-state index contributed by atoms with van der Waals surface area (Å²) in [5.74, 6) is 8.97. The number of aryl methyl sites for hydroxylation is 4. The summed E-state index contributed by atoms with van der Waals surface area (Å²) < 4.78 is 48.5. The Balaban J connectivity index is 0.000000104. The lowest BCUT2D eigenvalue weighted by molar-refractivity contribution is 0.477. The van der Waals surface area contributed by atoms with Crippen LogP contribution in [0.5, 0.6) is 0 Å². The first-order valence-electron chi connectivity index (χ1n) is 40.8. The number of pyridine rings is 4. The quantitative estimate of drug-likeness (QED) is 0.146. The van der Waals surface area contributed by atoms with Gasteiger partial charge in [-0.3, -0.25) is 20.0 Å². The summed E-state index contributed by atoms with van der Waals surface area (Å²) in [5.41, 5.74) is 21.0. The molecule has 0 saturated heterocycles. The molecule has 22 rings (SSSR count). The highest BCUT2D eigenvalue weighted by atomic mass is 16.4. The molecule has 0 fully saturated rings. The lowest BCUT2D eigenvalue weighted by Crippen LogP contribution is -2.55. The van der Waals surface area contributed by atoms with E-state index >= 15 is 0 Å². The van der Waals surface area contributed by atoms with Crippen molar-refractivity contribution in [2.24, 2.45) is 0 Å². The first-order chi connectivity index (χ1) is 56.5. The molecular formula is C90H88B4N16O4. The molecule has 114 heavy (non-hydrogen) atoms. The van der Waals surface area contributed by atoms with Crippen LogP contribution in [0.15, 0.2) is 224 Å². The van der Waals surface area contributed by atoms with Gasteiger partial charge in [-0.2, -0.15) is 0 Å². The van der Waals surface area contributed by atoms with E-state index in [2.05, 4.69) is 314 Å². The number of furan rings is 4. The zero-order valence-electron chi connectivity index (χ0n) is 69.2. The molecule has 0 aliphatic carbocycles. The monoisotopic (exact) mass is 1500 g/mol. The van der Waals surface area contributed by atoms with E-state index in [1.54, 1.807) is 0 Å². The maximum Gasteiger partial charge on any atom is 0.304 e. The Labute approximate surface area is 667 Å². The predicted molar refractivity (Wildman–Crippen MR) is 469 cm³/mol. The molecule has 564 valence electrons. The summed E-state index contributed by atoms with van der Waals surface area (Å²) in [4.78, 5) is 35.7. The molecule has 24 heteroatoms. The SMILES string of the molecule is CB1C=c2c(oc3nc(C)ccc23)=CN1N1c2ccccc2N(C)[C@@H]1C.CB1C=c2c(oc3nc(C)ccc23)=CN1N1c2ccccc2N(c2ccccc2)[C@@H]1C.CB1C=c2c(oc3nc(C)ccc23)=CN1N1c2ccccc2N(c2ccccc2)[C@@H]1C.[2H]C([2H])([2H])N1c2ccccc2N(N2C=c3oc4nc(C)ccc4c3=CB2C)[C@H]1C. The Hall–Kier alpha value is -13.1. The van der Waals surface area contributed by atoms with Gasteiger partial charge in [0.2, 0.25) is 22.9 Å². The van der Waals surface area contributed by atoms with Gasteiger partial charge in [-0.1, -0.05) is 136 Å². The van der Waals surface area contributed by atoms with E-state index in [0.717, 1.165) is 92.5 Å². The van der Waals surface area contributed by atoms with E-state index in [9.17, 15) is 0 Å². The van der Waals surface area contributed by atoms with Crippen LogP contribution in [0, 0.1) is 27.7 Å². The fourth-order valence-corrected chi connectivity index (χ4v) is 17.6. The van der Waals surface area contributed by atoms with E-state index in [1.165, 1.54) is 50.4 Å². The van der Waals surface area contributed by atoms with E-state index in [0.29, 0.717) is 28.5 Å². The second kappa shape index (κ2) is 28.0. The summed E-state index contributed by atoms with van der Waals surface area (Å²) in [6, 6.07) is 70.9. The number of aromatic nitrogens is 4.